The molecule has 5 heteroatoms. The molecular weight excluding hydrogens is 438 g/mol. The van der Waals surface area contributed by atoms with E-state index >= 15 is 0 Å². The van der Waals surface area contributed by atoms with Gasteiger partial charge in [0.05, 0.1) is 12.6 Å². The largest absolute Gasteiger partial charge is 0.342 e. The summed E-state index contributed by atoms with van der Waals surface area (Å²) < 4.78 is 3.21. The molecule has 0 saturated heterocycles. The van der Waals surface area contributed by atoms with Crippen LogP contribution in [0.3, 0.4) is 0 Å². The van der Waals surface area contributed by atoms with Crippen LogP contribution in [0.15, 0.2) is 88.6 Å². The lowest BCUT2D eigenvalue weighted by Gasteiger charge is -2.06. The molecule has 0 unspecified atom stereocenters. The first-order valence-electron chi connectivity index (χ1n) is 9.78. The van der Waals surface area contributed by atoms with E-state index in [-0.39, 0.29) is 5.91 Å². The number of benzene rings is 3. The van der Waals surface area contributed by atoms with E-state index in [1.54, 1.807) is 6.21 Å². The summed E-state index contributed by atoms with van der Waals surface area (Å²) in [6.45, 7) is 2.87. The van der Waals surface area contributed by atoms with Gasteiger partial charge < -0.3 is 4.57 Å². The molecule has 4 aromatic rings. The van der Waals surface area contributed by atoms with Crippen LogP contribution in [-0.2, 0) is 17.8 Å². The van der Waals surface area contributed by atoms with Gasteiger partial charge in [0.15, 0.2) is 0 Å². The highest BCUT2D eigenvalue weighted by Gasteiger charge is 2.08. The highest BCUT2D eigenvalue weighted by Crippen LogP contribution is 2.21. The van der Waals surface area contributed by atoms with E-state index in [4.69, 9.17) is 0 Å². The Morgan fingerprint density at radius 3 is 2.47 bits per heavy atom. The summed E-state index contributed by atoms with van der Waals surface area (Å²) in [5, 5.41) is 5.30. The molecule has 4 rings (SSSR count). The fourth-order valence-electron chi connectivity index (χ4n) is 3.40. The number of carbonyl (C=O) groups is 1. The van der Waals surface area contributed by atoms with Gasteiger partial charge in [-0.2, -0.15) is 5.10 Å². The third-order valence-corrected chi connectivity index (χ3v) is 5.49. The molecule has 0 saturated carbocycles. The van der Waals surface area contributed by atoms with Gasteiger partial charge in [-0.25, -0.2) is 5.43 Å². The monoisotopic (exact) mass is 459 g/mol. The second-order valence-corrected chi connectivity index (χ2v) is 8.23. The van der Waals surface area contributed by atoms with Crippen LogP contribution in [0.5, 0.6) is 0 Å². The minimum atomic E-state index is -0.142. The molecule has 1 heterocycles. The van der Waals surface area contributed by atoms with Crippen molar-refractivity contribution in [3.8, 4) is 0 Å². The molecule has 0 aliphatic heterocycles. The maximum absolute atomic E-state index is 12.2. The van der Waals surface area contributed by atoms with Gasteiger partial charge in [0, 0.05) is 33.7 Å². The number of fused-ring (bicyclic) bond motifs is 1. The van der Waals surface area contributed by atoms with Crippen molar-refractivity contribution in [2.75, 3.05) is 0 Å². The number of halogens is 1. The molecule has 3 aromatic carbocycles. The van der Waals surface area contributed by atoms with Gasteiger partial charge in [-0.3, -0.25) is 4.79 Å². The van der Waals surface area contributed by atoms with Crippen LogP contribution in [0.2, 0.25) is 0 Å². The summed E-state index contributed by atoms with van der Waals surface area (Å²) in [4.78, 5) is 12.2. The number of amides is 1. The van der Waals surface area contributed by atoms with E-state index in [0.717, 1.165) is 33.0 Å². The van der Waals surface area contributed by atoms with E-state index in [2.05, 4.69) is 80.5 Å². The van der Waals surface area contributed by atoms with Crippen molar-refractivity contribution in [3.05, 3.63) is 106 Å². The van der Waals surface area contributed by atoms with Gasteiger partial charge in [0.1, 0.15) is 0 Å². The van der Waals surface area contributed by atoms with Gasteiger partial charge in [0.2, 0.25) is 5.91 Å². The number of aromatic nitrogens is 1. The van der Waals surface area contributed by atoms with Gasteiger partial charge >= 0.3 is 0 Å². The molecule has 0 aliphatic carbocycles. The van der Waals surface area contributed by atoms with Crippen LogP contribution in [0.25, 0.3) is 10.9 Å². The molecule has 4 nitrogen and oxygen atoms in total. The first kappa shape index (κ1) is 20.1. The molecule has 0 spiro atoms. The predicted molar refractivity (Wildman–Crippen MR) is 126 cm³/mol. The zero-order valence-electron chi connectivity index (χ0n) is 16.7. The molecule has 30 heavy (non-hydrogen) atoms. The number of rotatable bonds is 6. The van der Waals surface area contributed by atoms with Crippen molar-refractivity contribution in [1.82, 2.24) is 9.99 Å². The van der Waals surface area contributed by atoms with Gasteiger partial charge in [-0.15, -0.1) is 0 Å². The molecule has 1 amide bonds. The van der Waals surface area contributed by atoms with E-state index in [1.807, 2.05) is 36.4 Å². The van der Waals surface area contributed by atoms with Crippen molar-refractivity contribution in [1.29, 1.82) is 0 Å². The summed E-state index contributed by atoms with van der Waals surface area (Å²) in [7, 11) is 0. The predicted octanol–water partition coefficient (Wildman–Crippen LogP) is 5.45. The number of para-hydroxylation sites is 1. The fourth-order valence-corrected chi connectivity index (χ4v) is 3.66. The van der Waals surface area contributed by atoms with Crippen LogP contribution in [0.1, 0.15) is 22.3 Å². The highest BCUT2D eigenvalue weighted by atomic mass is 79.9. The maximum atomic E-state index is 12.2. The first-order chi connectivity index (χ1) is 14.6. The lowest BCUT2D eigenvalue weighted by molar-refractivity contribution is -0.120. The second-order valence-electron chi connectivity index (χ2n) is 7.31. The smallest absolute Gasteiger partial charge is 0.244 e. The van der Waals surface area contributed by atoms with Gasteiger partial charge in [0.25, 0.3) is 0 Å². The Hall–Kier alpha value is -3.18. The third kappa shape index (κ3) is 4.86. The fraction of sp³-hybridized carbons (Fsp3) is 0.120. The SMILES string of the molecule is Cc1ccc(Cn2cc(/C=N/NC(=O)Cc3ccc(Br)cc3)c3ccccc32)cc1. The Bertz CT molecular complexity index is 1190. The van der Waals surface area contributed by atoms with Crippen molar-refractivity contribution in [3.63, 3.8) is 0 Å². The molecule has 0 aliphatic rings. The number of hydrogen-bond donors (Lipinski definition) is 1. The number of aryl methyl sites for hydroxylation is 1. The van der Waals surface area contributed by atoms with E-state index in [0.29, 0.717) is 6.42 Å². The van der Waals surface area contributed by atoms with E-state index in [9.17, 15) is 4.79 Å². The molecule has 1 N–H and O–H groups in total. The Kier molecular flexibility index (Phi) is 6.10. The Morgan fingerprint density at radius 1 is 1.00 bits per heavy atom. The maximum Gasteiger partial charge on any atom is 0.244 e. The number of hydrogen-bond acceptors (Lipinski definition) is 2. The minimum absolute atomic E-state index is 0.142. The topological polar surface area (TPSA) is 46.4 Å². The summed E-state index contributed by atoms with van der Waals surface area (Å²) >= 11 is 3.40. The average Bonchev–Trinajstić information content (AvgIpc) is 3.09. The van der Waals surface area contributed by atoms with Crippen LogP contribution < -0.4 is 5.43 Å². The van der Waals surface area contributed by atoms with Crippen molar-refractivity contribution >= 4 is 39.0 Å². The summed E-state index contributed by atoms with van der Waals surface area (Å²) in [5.74, 6) is -0.142. The highest BCUT2D eigenvalue weighted by molar-refractivity contribution is 9.10. The normalized spacial score (nSPS) is 11.3. The van der Waals surface area contributed by atoms with Crippen molar-refractivity contribution in [2.24, 2.45) is 5.10 Å². The van der Waals surface area contributed by atoms with Gasteiger partial charge in [-0.05, 0) is 36.2 Å². The average molecular weight is 460 g/mol. The number of nitrogens with one attached hydrogen (secondary N) is 1. The standard InChI is InChI=1S/C25H22BrN3O/c1-18-6-8-20(9-7-18)16-29-17-21(23-4-2-3-5-24(23)29)15-27-28-25(30)14-19-10-12-22(26)13-11-19/h2-13,15,17H,14,16H2,1H3,(H,28,30)/b27-15+. The Morgan fingerprint density at radius 2 is 1.70 bits per heavy atom. The van der Waals surface area contributed by atoms with E-state index in [1.165, 1.54) is 11.1 Å². The number of nitrogens with zero attached hydrogens (tertiary/aromatic N) is 2. The van der Waals surface area contributed by atoms with Crippen LogP contribution >= 0.6 is 15.9 Å². The summed E-state index contributed by atoms with van der Waals surface area (Å²) in [6.07, 6.45) is 4.09. The summed E-state index contributed by atoms with van der Waals surface area (Å²) in [6, 6.07) is 24.5. The van der Waals surface area contributed by atoms with E-state index < -0.39 is 0 Å². The van der Waals surface area contributed by atoms with Crippen molar-refractivity contribution in [2.45, 2.75) is 19.9 Å². The molecule has 150 valence electrons. The molecule has 0 bridgehead atoms. The number of carbonyl (C=O) groups excluding carboxylic acids is 1. The zero-order chi connectivity index (χ0) is 20.9. The van der Waals surface area contributed by atoms with Crippen LogP contribution in [-0.4, -0.2) is 16.7 Å². The quantitative estimate of drug-likeness (QED) is 0.302. The molecular formula is C25H22BrN3O. The number of hydrazone groups is 1. The lowest BCUT2D eigenvalue weighted by Crippen LogP contribution is -2.19. The summed E-state index contributed by atoms with van der Waals surface area (Å²) in [5.41, 5.74) is 8.19. The third-order valence-electron chi connectivity index (χ3n) is 4.96. The molecule has 0 fully saturated rings. The Balaban J connectivity index is 1.49. The minimum Gasteiger partial charge on any atom is -0.342 e. The molecule has 0 radical (unpaired) electrons. The van der Waals surface area contributed by atoms with Crippen LogP contribution in [0, 0.1) is 6.92 Å². The Labute approximate surface area is 184 Å². The van der Waals surface area contributed by atoms with Crippen molar-refractivity contribution < 1.29 is 4.79 Å². The first-order valence-corrected chi connectivity index (χ1v) is 10.6. The molecule has 0 atom stereocenters. The molecule has 1 aromatic heterocycles. The van der Waals surface area contributed by atoms with Crippen LogP contribution in [0.4, 0.5) is 0 Å². The van der Waals surface area contributed by atoms with Gasteiger partial charge in [-0.1, -0.05) is 76.1 Å². The lowest BCUT2D eigenvalue weighted by atomic mass is 10.1. The second kappa shape index (κ2) is 9.09. The zero-order valence-corrected chi connectivity index (χ0v) is 18.3.